The van der Waals surface area contributed by atoms with Crippen LogP contribution in [0.15, 0.2) is 64.5 Å². The molecule has 1 aromatic heterocycles. The van der Waals surface area contributed by atoms with Gasteiger partial charge in [0.1, 0.15) is 5.52 Å². The van der Waals surface area contributed by atoms with Gasteiger partial charge in [0.05, 0.1) is 37.3 Å². The van der Waals surface area contributed by atoms with Crippen molar-refractivity contribution >= 4 is 28.4 Å². The van der Waals surface area contributed by atoms with Gasteiger partial charge >= 0.3 is 0 Å². The average molecular weight is 494 g/mol. The van der Waals surface area contributed by atoms with Crippen molar-refractivity contribution in [1.82, 2.24) is 9.55 Å². The van der Waals surface area contributed by atoms with Gasteiger partial charge in [0.25, 0.3) is 11.2 Å². The largest absolute Gasteiger partial charge is 0.493 e. The number of benzene rings is 3. The lowest BCUT2D eigenvalue weighted by Gasteiger charge is -2.17. The second-order valence-electron chi connectivity index (χ2n) is 7.57. The molecule has 3 aromatic carbocycles. The first kappa shape index (κ1) is 24.1. The topological polar surface area (TPSA) is 106 Å². The zero-order valence-corrected chi connectivity index (χ0v) is 20.4. The summed E-state index contributed by atoms with van der Waals surface area (Å²) in [5, 5.41) is 11.8. The van der Waals surface area contributed by atoms with Gasteiger partial charge in [-0.15, -0.1) is 0 Å². The van der Waals surface area contributed by atoms with E-state index in [1.165, 1.54) is 61.9 Å². The standard InChI is InChI=1S/C25H23N3O6S/c1-15-7-5-6-8-16(15)14-35-25-26-21-19(13-20(32-2)22(33-3)23(21)34-4)24(29)27(25)17-9-11-18(12-10-17)28(30)31/h5-13H,14H2,1-4H3. The van der Waals surface area contributed by atoms with Crippen LogP contribution in [0.4, 0.5) is 5.69 Å². The number of aryl methyl sites for hydroxylation is 1. The Labute approximate surface area is 205 Å². The Morgan fingerprint density at radius 2 is 1.69 bits per heavy atom. The number of hydrogen-bond donors (Lipinski definition) is 0. The third-order valence-electron chi connectivity index (χ3n) is 5.57. The van der Waals surface area contributed by atoms with Crippen molar-refractivity contribution < 1.29 is 19.1 Å². The molecule has 4 rings (SSSR count). The van der Waals surface area contributed by atoms with E-state index in [1.807, 2.05) is 31.2 Å². The molecule has 35 heavy (non-hydrogen) atoms. The minimum absolute atomic E-state index is 0.0715. The molecule has 0 aliphatic heterocycles. The number of nitro benzene ring substituents is 1. The van der Waals surface area contributed by atoms with Crippen LogP contribution in [-0.2, 0) is 5.75 Å². The smallest absolute Gasteiger partial charge is 0.269 e. The summed E-state index contributed by atoms with van der Waals surface area (Å²) in [6.07, 6.45) is 0. The van der Waals surface area contributed by atoms with Crippen molar-refractivity contribution in [2.24, 2.45) is 0 Å². The fraction of sp³-hybridized carbons (Fsp3) is 0.200. The number of methoxy groups -OCH3 is 3. The summed E-state index contributed by atoms with van der Waals surface area (Å²) >= 11 is 1.38. The quantitative estimate of drug-likeness (QED) is 0.147. The fourth-order valence-electron chi connectivity index (χ4n) is 3.73. The van der Waals surface area contributed by atoms with Gasteiger partial charge < -0.3 is 14.2 Å². The Kier molecular flexibility index (Phi) is 6.92. The van der Waals surface area contributed by atoms with Crippen molar-refractivity contribution in [3.63, 3.8) is 0 Å². The van der Waals surface area contributed by atoms with Gasteiger partial charge in [-0.05, 0) is 36.2 Å². The molecule has 0 saturated carbocycles. The first-order chi connectivity index (χ1) is 16.9. The Bertz CT molecular complexity index is 1470. The van der Waals surface area contributed by atoms with E-state index in [0.717, 1.165) is 11.1 Å². The molecule has 0 aliphatic rings. The number of thioether (sulfide) groups is 1. The van der Waals surface area contributed by atoms with Gasteiger partial charge in [0.15, 0.2) is 16.7 Å². The van der Waals surface area contributed by atoms with Crippen molar-refractivity contribution in [3.05, 3.63) is 86.2 Å². The second-order valence-corrected chi connectivity index (χ2v) is 8.51. The monoisotopic (exact) mass is 493 g/mol. The van der Waals surface area contributed by atoms with Crippen molar-refractivity contribution in [1.29, 1.82) is 0 Å². The van der Waals surface area contributed by atoms with E-state index in [0.29, 0.717) is 33.6 Å². The Balaban J connectivity index is 1.97. The van der Waals surface area contributed by atoms with E-state index in [1.54, 1.807) is 6.07 Å². The molecule has 0 radical (unpaired) electrons. The second kappa shape index (κ2) is 10.1. The van der Waals surface area contributed by atoms with Gasteiger partial charge in [-0.3, -0.25) is 19.5 Å². The molecule has 0 N–H and O–H groups in total. The van der Waals surface area contributed by atoms with Gasteiger partial charge in [-0.1, -0.05) is 36.0 Å². The molecule has 1 heterocycles. The highest BCUT2D eigenvalue weighted by Gasteiger charge is 2.23. The molecule has 0 aliphatic carbocycles. The summed E-state index contributed by atoms with van der Waals surface area (Å²) in [4.78, 5) is 29.3. The van der Waals surface area contributed by atoms with Crippen LogP contribution in [-0.4, -0.2) is 35.8 Å². The summed E-state index contributed by atoms with van der Waals surface area (Å²) < 4.78 is 17.9. The third kappa shape index (κ3) is 4.52. The number of nitro groups is 1. The van der Waals surface area contributed by atoms with E-state index in [-0.39, 0.29) is 22.4 Å². The van der Waals surface area contributed by atoms with Crippen LogP contribution in [0.2, 0.25) is 0 Å². The predicted molar refractivity (Wildman–Crippen MR) is 134 cm³/mol. The number of rotatable bonds is 8. The number of non-ortho nitro benzene ring substituents is 1. The summed E-state index contributed by atoms with van der Waals surface area (Å²) in [5.41, 5.74) is 2.57. The van der Waals surface area contributed by atoms with E-state index >= 15 is 0 Å². The van der Waals surface area contributed by atoms with Crippen LogP contribution in [0.25, 0.3) is 16.6 Å². The summed E-state index contributed by atoms with van der Waals surface area (Å²) in [7, 11) is 4.43. The van der Waals surface area contributed by atoms with E-state index in [4.69, 9.17) is 19.2 Å². The van der Waals surface area contributed by atoms with Crippen LogP contribution in [0.1, 0.15) is 11.1 Å². The number of ether oxygens (including phenoxy) is 3. The number of nitrogens with zero attached hydrogens (tertiary/aromatic N) is 3. The molecule has 4 aromatic rings. The lowest BCUT2D eigenvalue weighted by atomic mass is 10.1. The molecule has 0 spiro atoms. The van der Waals surface area contributed by atoms with Gasteiger partial charge in [0, 0.05) is 17.9 Å². The molecule has 0 fully saturated rings. The van der Waals surface area contributed by atoms with E-state index in [9.17, 15) is 14.9 Å². The first-order valence-electron chi connectivity index (χ1n) is 10.6. The average Bonchev–Trinajstić information content (AvgIpc) is 2.87. The van der Waals surface area contributed by atoms with Gasteiger partial charge in [0.2, 0.25) is 5.75 Å². The summed E-state index contributed by atoms with van der Waals surface area (Å²) in [6, 6.07) is 15.3. The van der Waals surface area contributed by atoms with E-state index < -0.39 is 4.92 Å². The maximum atomic E-state index is 13.8. The highest BCUT2D eigenvalue weighted by Crippen LogP contribution is 2.42. The van der Waals surface area contributed by atoms with E-state index in [2.05, 4.69) is 0 Å². The van der Waals surface area contributed by atoms with Gasteiger partial charge in [-0.25, -0.2) is 4.98 Å². The number of aromatic nitrogens is 2. The van der Waals surface area contributed by atoms with Crippen molar-refractivity contribution in [2.45, 2.75) is 17.8 Å². The Morgan fingerprint density at radius 1 is 1.00 bits per heavy atom. The molecule has 0 atom stereocenters. The maximum absolute atomic E-state index is 13.8. The zero-order valence-electron chi connectivity index (χ0n) is 19.6. The minimum Gasteiger partial charge on any atom is -0.493 e. The van der Waals surface area contributed by atoms with Crippen molar-refractivity contribution in [3.8, 4) is 22.9 Å². The number of fused-ring (bicyclic) bond motifs is 1. The molecule has 0 unspecified atom stereocenters. The van der Waals surface area contributed by atoms with Crippen LogP contribution in [0, 0.1) is 17.0 Å². The first-order valence-corrected chi connectivity index (χ1v) is 11.6. The SMILES string of the molecule is COc1cc2c(=O)n(-c3ccc([N+](=O)[O-])cc3)c(SCc3ccccc3C)nc2c(OC)c1OC. The summed E-state index contributed by atoms with van der Waals surface area (Å²) in [5.74, 6) is 1.50. The lowest BCUT2D eigenvalue weighted by molar-refractivity contribution is -0.384. The zero-order chi connectivity index (χ0) is 25.1. The lowest BCUT2D eigenvalue weighted by Crippen LogP contribution is -2.22. The van der Waals surface area contributed by atoms with Crippen LogP contribution in [0.3, 0.4) is 0 Å². The van der Waals surface area contributed by atoms with Crippen LogP contribution in [0.5, 0.6) is 17.2 Å². The molecule has 0 saturated heterocycles. The molecule has 0 amide bonds. The molecule has 0 bridgehead atoms. The highest BCUT2D eigenvalue weighted by molar-refractivity contribution is 7.98. The third-order valence-corrected chi connectivity index (χ3v) is 6.56. The van der Waals surface area contributed by atoms with Crippen LogP contribution >= 0.6 is 11.8 Å². The molecule has 180 valence electrons. The molecule has 9 nitrogen and oxygen atoms in total. The summed E-state index contributed by atoms with van der Waals surface area (Å²) in [6.45, 7) is 2.02. The number of hydrogen-bond acceptors (Lipinski definition) is 8. The van der Waals surface area contributed by atoms with Gasteiger partial charge in [-0.2, -0.15) is 0 Å². The fourth-order valence-corrected chi connectivity index (χ4v) is 4.81. The molecular weight excluding hydrogens is 470 g/mol. The predicted octanol–water partition coefficient (Wildman–Crippen LogP) is 4.92. The Morgan fingerprint density at radius 3 is 2.29 bits per heavy atom. The molecular formula is C25H23N3O6S. The highest BCUT2D eigenvalue weighted by atomic mass is 32.2. The molecule has 10 heteroatoms. The minimum atomic E-state index is -0.485. The maximum Gasteiger partial charge on any atom is 0.269 e. The van der Waals surface area contributed by atoms with Crippen molar-refractivity contribution in [2.75, 3.05) is 21.3 Å². The normalized spacial score (nSPS) is 10.9. The Hall–Kier alpha value is -4.05. The van der Waals surface area contributed by atoms with Crippen LogP contribution < -0.4 is 19.8 Å².